The molecule has 0 saturated carbocycles. The van der Waals surface area contributed by atoms with Gasteiger partial charge >= 0.3 is 0 Å². The van der Waals surface area contributed by atoms with Crippen molar-refractivity contribution < 1.29 is 4.79 Å². The van der Waals surface area contributed by atoms with Crippen molar-refractivity contribution in [3.8, 4) is 0 Å². The van der Waals surface area contributed by atoms with Crippen molar-refractivity contribution >= 4 is 27.5 Å². The molecular weight excluding hydrogens is 318 g/mol. The second-order valence-electron chi connectivity index (χ2n) is 4.31. The minimum absolute atomic E-state index is 0.000807. The number of halogens is 1. The van der Waals surface area contributed by atoms with Crippen LogP contribution in [-0.2, 0) is 11.3 Å². The third kappa shape index (κ3) is 4.75. The highest BCUT2D eigenvalue weighted by atomic mass is 79.9. The second-order valence-corrected chi connectivity index (χ2v) is 5.16. The largest absolute Gasteiger partial charge is 0.325 e. The van der Waals surface area contributed by atoms with Crippen LogP contribution in [0.25, 0.3) is 0 Å². The summed E-state index contributed by atoms with van der Waals surface area (Å²) in [7, 11) is 0. The second kappa shape index (κ2) is 7.77. The summed E-state index contributed by atoms with van der Waals surface area (Å²) in [6.07, 6.45) is 3.96. The molecule has 104 valence electrons. The van der Waals surface area contributed by atoms with Crippen LogP contribution in [-0.4, -0.2) is 17.4 Å². The number of anilines is 1. The van der Waals surface area contributed by atoms with Gasteiger partial charge in [0.05, 0.1) is 5.69 Å². The average Bonchev–Trinajstić information content (AvgIpc) is 2.47. The number of amides is 1. The van der Waals surface area contributed by atoms with E-state index in [4.69, 9.17) is 0 Å². The van der Waals surface area contributed by atoms with Gasteiger partial charge in [0.1, 0.15) is 0 Å². The predicted molar refractivity (Wildman–Crippen MR) is 83.3 cm³/mol. The molecule has 1 amide bonds. The Morgan fingerprint density at radius 1 is 1.15 bits per heavy atom. The van der Waals surface area contributed by atoms with Gasteiger partial charge < -0.3 is 10.6 Å². The molecule has 0 radical (unpaired) electrons. The molecule has 1 heterocycles. The molecule has 1 aromatic carbocycles. The first kappa shape index (κ1) is 14.7. The molecule has 5 heteroatoms. The van der Waals surface area contributed by atoms with Crippen LogP contribution < -0.4 is 10.6 Å². The Balaban J connectivity index is 1.69. The van der Waals surface area contributed by atoms with E-state index in [1.807, 2.05) is 36.4 Å². The Kier molecular flexibility index (Phi) is 5.70. The van der Waals surface area contributed by atoms with E-state index in [0.717, 1.165) is 22.3 Å². The summed E-state index contributed by atoms with van der Waals surface area (Å²) in [5, 5.41) is 6.11. The quantitative estimate of drug-likeness (QED) is 0.799. The molecule has 0 saturated heterocycles. The zero-order valence-electron chi connectivity index (χ0n) is 11.0. The van der Waals surface area contributed by atoms with E-state index in [0.29, 0.717) is 13.0 Å². The first-order chi connectivity index (χ1) is 9.75. The normalized spacial score (nSPS) is 10.2. The summed E-state index contributed by atoms with van der Waals surface area (Å²) >= 11 is 3.40. The lowest BCUT2D eigenvalue weighted by Gasteiger charge is -2.08. The van der Waals surface area contributed by atoms with Gasteiger partial charge in [0.2, 0.25) is 5.91 Å². The first-order valence-electron chi connectivity index (χ1n) is 6.40. The third-order valence-electron chi connectivity index (χ3n) is 2.76. The zero-order valence-corrected chi connectivity index (χ0v) is 12.6. The Morgan fingerprint density at radius 3 is 2.65 bits per heavy atom. The summed E-state index contributed by atoms with van der Waals surface area (Å²) in [5.74, 6) is -0.000807. The van der Waals surface area contributed by atoms with Crippen molar-refractivity contribution in [2.45, 2.75) is 13.0 Å². The molecule has 4 nitrogen and oxygen atoms in total. The SMILES string of the molecule is O=C(CCNCc1ccncc1)Nc1ccccc1Br. The van der Waals surface area contributed by atoms with Crippen molar-refractivity contribution in [2.75, 3.05) is 11.9 Å². The van der Waals surface area contributed by atoms with Gasteiger partial charge in [-0.05, 0) is 45.8 Å². The number of rotatable bonds is 6. The van der Waals surface area contributed by atoms with E-state index < -0.39 is 0 Å². The van der Waals surface area contributed by atoms with Crippen molar-refractivity contribution in [3.05, 3.63) is 58.8 Å². The van der Waals surface area contributed by atoms with Gasteiger partial charge in [-0.3, -0.25) is 9.78 Å². The summed E-state index contributed by atoms with van der Waals surface area (Å²) < 4.78 is 0.887. The lowest BCUT2D eigenvalue weighted by atomic mass is 10.2. The third-order valence-corrected chi connectivity index (χ3v) is 3.45. The highest BCUT2D eigenvalue weighted by molar-refractivity contribution is 9.10. The standard InChI is InChI=1S/C15H16BrN3O/c16-13-3-1-2-4-14(13)19-15(20)7-10-18-11-12-5-8-17-9-6-12/h1-6,8-9,18H,7,10-11H2,(H,19,20). The minimum Gasteiger partial charge on any atom is -0.325 e. The molecule has 0 spiro atoms. The van der Waals surface area contributed by atoms with Gasteiger partial charge in [0.15, 0.2) is 0 Å². The van der Waals surface area contributed by atoms with Gasteiger partial charge in [-0.1, -0.05) is 12.1 Å². The van der Waals surface area contributed by atoms with Crippen LogP contribution in [0.5, 0.6) is 0 Å². The fraction of sp³-hybridized carbons (Fsp3) is 0.200. The molecule has 2 aromatic rings. The van der Waals surface area contributed by atoms with E-state index in [9.17, 15) is 4.79 Å². The van der Waals surface area contributed by atoms with E-state index in [2.05, 4.69) is 31.5 Å². The van der Waals surface area contributed by atoms with Gasteiger partial charge in [-0.25, -0.2) is 0 Å². The van der Waals surface area contributed by atoms with Crippen LogP contribution in [0, 0.1) is 0 Å². The molecule has 0 aliphatic carbocycles. The fourth-order valence-electron chi connectivity index (χ4n) is 1.71. The van der Waals surface area contributed by atoms with Crippen molar-refractivity contribution in [1.29, 1.82) is 0 Å². The summed E-state index contributed by atoms with van der Waals surface area (Å²) in [5.41, 5.74) is 1.96. The number of aromatic nitrogens is 1. The van der Waals surface area contributed by atoms with E-state index in [-0.39, 0.29) is 5.91 Å². The molecule has 20 heavy (non-hydrogen) atoms. The minimum atomic E-state index is -0.000807. The first-order valence-corrected chi connectivity index (χ1v) is 7.19. The lowest BCUT2D eigenvalue weighted by molar-refractivity contribution is -0.116. The molecular formula is C15H16BrN3O. The summed E-state index contributed by atoms with van der Waals surface area (Å²) in [6, 6.07) is 11.5. The average molecular weight is 334 g/mol. The molecule has 0 aliphatic rings. The number of nitrogens with zero attached hydrogens (tertiary/aromatic N) is 1. The van der Waals surface area contributed by atoms with Crippen LogP contribution in [0.15, 0.2) is 53.3 Å². The maximum Gasteiger partial charge on any atom is 0.225 e. The van der Waals surface area contributed by atoms with Gasteiger partial charge in [0, 0.05) is 36.4 Å². The molecule has 0 aliphatic heterocycles. The molecule has 2 N–H and O–H groups in total. The monoisotopic (exact) mass is 333 g/mol. The molecule has 2 rings (SSSR count). The zero-order chi connectivity index (χ0) is 14.2. The van der Waals surface area contributed by atoms with Crippen molar-refractivity contribution in [1.82, 2.24) is 10.3 Å². The van der Waals surface area contributed by atoms with Crippen LogP contribution >= 0.6 is 15.9 Å². The van der Waals surface area contributed by atoms with E-state index >= 15 is 0 Å². The number of benzene rings is 1. The smallest absolute Gasteiger partial charge is 0.225 e. The van der Waals surface area contributed by atoms with Crippen LogP contribution in [0.3, 0.4) is 0 Å². The van der Waals surface area contributed by atoms with Crippen LogP contribution in [0.2, 0.25) is 0 Å². The number of hydrogen-bond acceptors (Lipinski definition) is 3. The fourth-order valence-corrected chi connectivity index (χ4v) is 2.09. The maximum absolute atomic E-state index is 11.8. The number of nitrogens with one attached hydrogen (secondary N) is 2. The molecule has 0 fully saturated rings. The number of carbonyl (C=O) groups is 1. The molecule has 1 aromatic heterocycles. The predicted octanol–water partition coefficient (Wildman–Crippen LogP) is 2.96. The Labute approximate surface area is 126 Å². The number of para-hydroxylation sites is 1. The molecule has 0 bridgehead atoms. The Morgan fingerprint density at radius 2 is 1.90 bits per heavy atom. The number of hydrogen-bond donors (Lipinski definition) is 2. The van der Waals surface area contributed by atoms with Crippen molar-refractivity contribution in [3.63, 3.8) is 0 Å². The maximum atomic E-state index is 11.8. The van der Waals surface area contributed by atoms with E-state index in [1.54, 1.807) is 12.4 Å². The lowest BCUT2D eigenvalue weighted by Crippen LogP contribution is -2.21. The van der Waals surface area contributed by atoms with Gasteiger partial charge in [-0.2, -0.15) is 0 Å². The van der Waals surface area contributed by atoms with Gasteiger partial charge in [0.25, 0.3) is 0 Å². The van der Waals surface area contributed by atoms with Crippen molar-refractivity contribution in [2.24, 2.45) is 0 Å². The highest BCUT2D eigenvalue weighted by Gasteiger charge is 2.04. The number of carbonyl (C=O) groups excluding carboxylic acids is 1. The molecule has 0 unspecified atom stereocenters. The summed E-state index contributed by atoms with van der Waals surface area (Å²) in [4.78, 5) is 15.8. The Hall–Kier alpha value is -1.72. The highest BCUT2D eigenvalue weighted by Crippen LogP contribution is 2.21. The topological polar surface area (TPSA) is 54.0 Å². The number of pyridine rings is 1. The molecule has 0 atom stereocenters. The van der Waals surface area contributed by atoms with Crippen LogP contribution in [0.4, 0.5) is 5.69 Å². The summed E-state index contributed by atoms with van der Waals surface area (Å²) in [6.45, 7) is 1.38. The Bertz CT molecular complexity index is 560. The van der Waals surface area contributed by atoms with Gasteiger partial charge in [-0.15, -0.1) is 0 Å². The van der Waals surface area contributed by atoms with E-state index in [1.165, 1.54) is 0 Å². The van der Waals surface area contributed by atoms with Crippen LogP contribution in [0.1, 0.15) is 12.0 Å².